The Morgan fingerprint density at radius 3 is 2.67 bits per heavy atom. The Balaban J connectivity index is 1.90. The molecule has 6 heteroatoms. The SMILES string of the molecule is CCCCON1CC[C@@H](C(=O)OCc2ccccc2)N(CC)C1=O. The molecule has 132 valence electrons. The van der Waals surface area contributed by atoms with Crippen LogP contribution in [0, 0.1) is 0 Å². The molecule has 0 saturated carbocycles. The van der Waals surface area contributed by atoms with Gasteiger partial charge in [0.25, 0.3) is 0 Å². The largest absolute Gasteiger partial charge is 0.459 e. The maximum Gasteiger partial charge on any atom is 0.344 e. The van der Waals surface area contributed by atoms with Crippen molar-refractivity contribution in [3.63, 3.8) is 0 Å². The molecule has 1 fully saturated rings. The van der Waals surface area contributed by atoms with Gasteiger partial charge in [-0.1, -0.05) is 43.7 Å². The molecule has 1 atom stereocenters. The number of carbonyl (C=O) groups is 2. The molecular weight excluding hydrogens is 308 g/mol. The lowest BCUT2D eigenvalue weighted by Gasteiger charge is -2.38. The summed E-state index contributed by atoms with van der Waals surface area (Å²) in [4.78, 5) is 31.9. The molecule has 1 aliphatic heterocycles. The summed E-state index contributed by atoms with van der Waals surface area (Å²) in [5, 5.41) is 1.36. The van der Waals surface area contributed by atoms with Crippen LogP contribution in [-0.4, -0.2) is 47.7 Å². The van der Waals surface area contributed by atoms with Gasteiger partial charge in [-0.25, -0.2) is 14.7 Å². The zero-order valence-corrected chi connectivity index (χ0v) is 14.4. The Morgan fingerprint density at radius 1 is 1.25 bits per heavy atom. The maximum absolute atomic E-state index is 12.5. The Bertz CT molecular complexity index is 535. The molecule has 24 heavy (non-hydrogen) atoms. The van der Waals surface area contributed by atoms with Crippen molar-refractivity contribution in [2.75, 3.05) is 19.7 Å². The second-order valence-corrected chi connectivity index (χ2v) is 5.76. The Morgan fingerprint density at radius 2 is 2.00 bits per heavy atom. The smallest absolute Gasteiger partial charge is 0.344 e. The average molecular weight is 334 g/mol. The lowest BCUT2D eigenvalue weighted by atomic mass is 10.1. The molecule has 0 bridgehead atoms. The summed E-state index contributed by atoms with van der Waals surface area (Å²) in [5.74, 6) is -0.359. The van der Waals surface area contributed by atoms with Gasteiger partial charge in [0.15, 0.2) is 0 Å². The van der Waals surface area contributed by atoms with E-state index in [2.05, 4.69) is 6.92 Å². The fraction of sp³-hybridized carbons (Fsp3) is 0.556. The summed E-state index contributed by atoms with van der Waals surface area (Å²) >= 11 is 0. The average Bonchev–Trinajstić information content (AvgIpc) is 2.61. The normalized spacial score (nSPS) is 17.9. The van der Waals surface area contributed by atoms with Crippen LogP contribution in [0.2, 0.25) is 0 Å². The number of urea groups is 1. The van der Waals surface area contributed by atoms with Crippen LogP contribution in [0.4, 0.5) is 4.79 Å². The topological polar surface area (TPSA) is 59.1 Å². The number of likely N-dealkylation sites (N-methyl/N-ethyl adjacent to an activating group) is 1. The molecule has 2 amide bonds. The summed E-state index contributed by atoms with van der Waals surface area (Å²) in [6.45, 7) is 5.51. The quantitative estimate of drug-likeness (QED) is 0.542. The molecule has 1 aromatic carbocycles. The Hall–Kier alpha value is -2.08. The Kier molecular flexibility index (Phi) is 7.06. The molecule has 1 aromatic rings. The van der Waals surface area contributed by atoms with E-state index in [1.54, 1.807) is 0 Å². The number of nitrogens with zero attached hydrogens (tertiary/aromatic N) is 2. The van der Waals surface area contributed by atoms with E-state index in [-0.39, 0.29) is 18.6 Å². The lowest BCUT2D eigenvalue weighted by molar-refractivity contribution is -0.164. The number of amides is 2. The number of rotatable bonds is 8. The fourth-order valence-corrected chi connectivity index (χ4v) is 2.63. The van der Waals surface area contributed by atoms with Crippen LogP contribution in [0.25, 0.3) is 0 Å². The van der Waals surface area contributed by atoms with E-state index in [0.29, 0.717) is 26.1 Å². The second-order valence-electron chi connectivity index (χ2n) is 5.76. The van der Waals surface area contributed by atoms with Crippen molar-refractivity contribution in [2.24, 2.45) is 0 Å². The summed E-state index contributed by atoms with van der Waals surface area (Å²) in [7, 11) is 0. The molecular formula is C18H26N2O4. The first-order valence-electron chi connectivity index (χ1n) is 8.59. The number of hydroxylamine groups is 2. The number of hydrogen-bond donors (Lipinski definition) is 0. The van der Waals surface area contributed by atoms with Crippen LogP contribution >= 0.6 is 0 Å². The summed E-state index contributed by atoms with van der Waals surface area (Å²) < 4.78 is 5.39. The van der Waals surface area contributed by atoms with E-state index in [0.717, 1.165) is 18.4 Å². The number of carbonyl (C=O) groups excluding carboxylic acids is 2. The number of benzene rings is 1. The van der Waals surface area contributed by atoms with Gasteiger partial charge in [-0.15, -0.1) is 0 Å². The molecule has 1 heterocycles. The molecule has 0 aromatic heterocycles. The van der Waals surface area contributed by atoms with Gasteiger partial charge in [0, 0.05) is 6.54 Å². The third kappa shape index (κ3) is 4.71. The van der Waals surface area contributed by atoms with Gasteiger partial charge < -0.3 is 9.64 Å². The molecule has 6 nitrogen and oxygen atoms in total. The molecule has 1 aliphatic rings. The van der Waals surface area contributed by atoms with Gasteiger partial charge in [-0.2, -0.15) is 0 Å². The minimum Gasteiger partial charge on any atom is -0.459 e. The number of ether oxygens (including phenoxy) is 1. The van der Waals surface area contributed by atoms with E-state index < -0.39 is 6.04 Å². The molecule has 0 spiro atoms. The fourth-order valence-electron chi connectivity index (χ4n) is 2.63. The van der Waals surface area contributed by atoms with Crippen molar-refractivity contribution in [2.45, 2.75) is 45.8 Å². The standard InChI is InChI=1S/C18H26N2O4/c1-3-5-13-24-20-12-11-16(19(4-2)18(20)22)17(21)23-14-15-9-7-6-8-10-15/h6-10,16H,3-5,11-14H2,1-2H3/t16-/m0/s1. The van der Waals surface area contributed by atoms with E-state index in [4.69, 9.17) is 9.57 Å². The van der Waals surface area contributed by atoms with Crippen LogP contribution in [0.1, 0.15) is 38.7 Å². The molecule has 0 unspecified atom stereocenters. The van der Waals surface area contributed by atoms with Crippen molar-refractivity contribution in [3.8, 4) is 0 Å². The summed E-state index contributed by atoms with van der Waals surface area (Å²) in [6, 6.07) is 8.71. The number of unbranched alkanes of at least 4 members (excludes halogenated alkanes) is 1. The van der Waals surface area contributed by atoms with Crippen LogP contribution in [0.15, 0.2) is 30.3 Å². The van der Waals surface area contributed by atoms with Gasteiger partial charge in [-0.05, 0) is 25.3 Å². The minimum absolute atomic E-state index is 0.221. The predicted octanol–water partition coefficient (Wildman–Crippen LogP) is 2.98. The monoisotopic (exact) mass is 334 g/mol. The van der Waals surface area contributed by atoms with Crippen molar-refractivity contribution in [1.82, 2.24) is 9.96 Å². The minimum atomic E-state index is -0.544. The third-order valence-electron chi connectivity index (χ3n) is 4.02. The number of hydrogen-bond acceptors (Lipinski definition) is 4. The first-order chi connectivity index (χ1) is 11.7. The van der Waals surface area contributed by atoms with Crippen LogP contribution in [0.3, 0.4) is 0 Å². The van der Waals surface area contributed by atoms with Crippen molar-refractivity contribution in [3.05, 3.63) is 35.9 Å². The molecule has 2 rings (SSSR count). The molecule has 1 saturated heterocycles. The number of esters is 1. The van der Waals surface area contributed by atoms with E-state index in [9.17, 15) is 9.59 Å². The van der Waals surface area contributed by atoms with E-state index in [1.807, 2.05) is 37.3 Å². The third-order valence-corrected chi connectivity index (χ3v) is 4.02. The van der Waals surface area contributed by atoms with Crippen LogP contribution in [-0.2, 0) is 21.0 Å². The molecule has 0 radical (unpaired) electrons. The molecule has 0 N–H and O–H groups in total. The van der Waals surface area contributed by atoms with Gasteiger partial charge in [0.2, 0.25) is 0 Å². The van der Waals surface area contributed by atoms with Crippen LogP contribution < -0.4 is 0 Å². The van der Waals surface area contributed by atoms with Crippen LogP contribution in [0.5, 0.6) is 0 Å². The zero-order chi connectivity index (χ0) is 17.4. The van der Waals surface area contributed by atoms with Gasteiger partial charge >= 0.3 is 12.0 Å². The van der Waals surface area contributed by atoms with Crippen molar-refractivity contribution < 1.29 is 19.2 Å². The highest BCUT2D eigenvalue weighted by Gasteiger charge is 2.38. The first-order valence-corrected chi connectivity index (χ1v) is 8.59. The van der Waals surface area contributed by atoms with E-state index in [1.165, 1.54) is 9.96 Å². The zero-order valence-electron chi connectivity index (χ0n) is 14.4. The van der Waals surface area contributed by atoms with Gasteiger partial charge in [-0.3, -0.25) is 4.84 Å². The van der Waals surface area contributed by atoms with Gasteiger partial charge in [0.1, 0.15) is 12.6 Å². The first kappa shape index (κ1) is 18.3. The second kappa shape index (κ2) is 9.27. The maximum atomic E-state index is 12.5. The summed E-state index contributed by atoms with van der Waals surface area (Å²) in [5.41, 5.74) is 0.931. The highest BCUT2D eigenvalue weighted by atomic mass is 16.7. The lowest BCUT2D eigenvalue weighted by Crippen LogP contribution is -2.57. The van der Waals surface area contributed by atoms with E-state index >= 15 is 0 Å². The Labute approximate surface area is 143 Å². The highest BCUT2D eigenvalue weighted by molar-refractivity contribution is 5.84. The predicted molar refractivity (Wildman–Crippen MR) is 90.0 cm³/mol. The van der Waals surface area contributed by atoms with Crippen molar-refractivity contribution in [1.29, 1.82) is 0 Å². The highest BCUT2D eigenvalue weighted by Crippen LogP contribution is 2.18. The summed E-state index contributed by atoms with van der Waals surface area (Å²) in [6.07, 6.45) is 2.42. The van der Waals surface area contributed by atoms with Gasteiger partial charge in [0.05, 0.1) is 13.2 Å². The van der Waals surface area contributed by atoms with Crippen molar-refractivity contribution >= 4 is 12.0 Å². The molecule has 0 aliphatic carbocycles.